The zero-order valence-corrected chi connectivity index (χ0v) is 29.2. The molecule has 1 fully saturated rings. The lowest BCUT2D eigenvalue weighted by molar-refractivity contribution is -0.141. The number of hydrogen-bond donors (Lipinski definition) is 8. The maximum absolute atomic E-state index is 13.5. The fraction of sp³-hybridized carbons (Fsp3) is 0.543. The van der Waals surface area contributed by atoms with Crippen molar-refractivity contribution in [2.24, 2.45) is 11.8 Å². The molecule has 16 heteroatoms. The molecule has 3 unspecified atom stereocenters. The molecule has 14 nitrogen and oxygen atoms in total. The third-order valence-electron chi connectivity index (χ3n) is 8.97. The smallest absolute Gasteiger partial charge is 0.326 e. The van der Waals surface area contributed by atoms with Gasteiger partial charge in [-0.3, -0.25) is 14.4 Å². The van der Waals surface area contributed by atoms with E-state index in [4.69, 9.17) is 5.11 Å². The largest absolute Gasteiger partial charge is 0.481 e. The quantitative estimate of drug-likeness (QED) is 0.0821. The van der Waals surface area contributed by atoms with Crippen molar-refractivity contribution in [2.45, 2.75) is 82.3 Å². The average Bonchev–Trinajstić information content (AvgIpc) is 3.10. The topological polar surface area (TPSA) is 223 Å². The van der Waals surface area contributed by atoms with Crippen LogP contribution in [0, 0.1) is 11.8 Å². The maximum atomic E-state index is 13.5. The van der Waals surface area contributed by atoms with Gasteiger partial charge in [0.15, 0.2) is 0 Å². The number of urea groups is 1. The number of benzene rings is 2. The number of carbonyl (C=O) groups is 6. The summed E-state index contributed by atoms with van der Waals surface area (Å²) >= 11 is 0.303. The number of carboxylic acids is 3. The summed E-state index contributed by atoms with van der Waals surface area (Å²) < 4.78 is 12.3. The van der Waals surface area contributed by atoms with Gasteiger partial charge in [-0.05, 0) is 80.2 Å². The van der Waals surface area contributed by atoms with Gasteiger partial charge in [-0.2, -0.15) is 3.89 Å². The first kappa shape index (κ1) is 41.0. The van der Waals surface area contributed by atoms with E-state index in [1.165, 1.54) is 0 Å². The molecule has 0 aromatic heterocycles. The van der Waals surface area contributed by atoms with E-state index in [-0.39, 0.29) is 50.0 Å². The van der Waals surface area contributed by atoms with E-state index in [0.717, 1.165) is 35.7 Å². The molecule has 3 atom stereocenters. The number of rotatable bonds is 22. The maximum Gasteiger partial charge on any atom is 0.326 e. The number of unbranched alkanes of at least 4 members (excludes halogenated alkanes) is 1. The number of carbonyl (C=O) groups excluding carboxylic acids is 3. The van der Waals surface area contributed by atoms with Gasteiger partial charge < -0.3 is 41.9 Å². The summed E-state index contributed by atoms with van der Waals surface area (Å²) in [5, 5.41) is 43.0. The fourth-order valence-electron chi connectivity index (χ4n) is 6.09. The molecule has 1 aliphatic carbocycles. The van der Waals surface area contributed by atoms with Gasteiger partial charge in [0.2, 0.25) is 11.8 Å². The van der Waals surface area contributed by atoms with E-state index in [2.05, 4.69) is 26.6 Å². The van der Waals surface area contributed by atoms with E-state index in [1.807, 2.05) is 42.5 Å². The van der Waals surface area contributed by atoms with Gasteiger partial charge in [-0.15, -0.1) is 0 Å². The first-order chi connectivity index (χ1) is 24.5. The average molecular weight is 734 g/mol. The first-order valence-electron chi connectivity index (χ1n) is 17.2. The van der Waals surface area contributed by atoms with Crippen LogP contribution in [0.15, 0.2) is 42.5 Å². The van der Waals surface area contributed by atoms with Crippen molar-refractivity contribution < 1.29 is 48.0 Å². The molecule has 3 rings (SSSR count). The van der Waals surface area contributed by atoms with Crippen LogP contribution in [0.25, 0.3) is 10.8 Å². The number of hydrogen-bond acceptors (Lipinski definition) is 8. The number of fused-ring (bicyclic) bond motifs is 1. The third kappa shape index (κ3) is 14.7. The summed E-state index contributed by atoms with van der Waals surface area (Å²) in [6, 6.07) is 8.94. The highest BCUT2D eigenvalue weighted by Gasteiger charge is 2.30. The monoisotopic (exact) mass is 733 g/mol. The summed E-state index contributed by atoms with van der Waals surface area (Å²) in [5.41, 5.74) is 0.872. The lowest BCUT2D eigenvalue weighted by Crippen LogP contribution is -2.51. The Kier molecular flexibility index (Phi) is 17.4. The number of halogens is 1. The van der Waals surface area contributed by atoms with E-state index in [1.54, 1.807) is 0 Å². The van der Waals surface area contributed by atoms with E-state index < -0.39 is 48.5 Å². The number of amides is 4. The SMILES string of the molecule is O=C(O)CCC(NC(=O)NC(CCCCNC(=O)C(Cc1ccc2ccccc2c1)NC(=O)C1CCC(CNCCSF)CC1)C(=O)O)C(=O)O. The van der Waals surface area contributed by atoms with Gasteiger partial charge in [-0.25, -0.2) is 14.4 Å². The van der Waals surface area contributed by atoms with Crippen molar-refractivity contribution in [1.82, 2.24) is 26.6 Å². The van der Waals surface area contributed by atoms with E-state index >= 15 is 0 Å². The Morgan fingerprint density at radius 3 is 2.10 bits per heavy atom. The van der Waals surface area contributed by atoms with Crippen LogP contribution >= 0.6 is 12.1 Å². The van der Waals surface area contributed by atoms with Crippen LogP contribution in [-0.4, -0.2) is 94.6 Å². The molecule has 2 aromatic rings. The van der Waals surface area contributed by atoms with Crippen LogP contribution < -0.4 is 26.6 Å². The fourth-order valence-corrected chi connectivity index (χ4v) is 6.32. The Bertz CT molecular complexity index is 1490. The third-order valence-corrected chi connectivity index (χ3v) is 9.32. The van der Waals surface area contributed by atoms with Crippen LogP contribution in [0.1, 0.15) is 63.4 Å². The van der Waals surface area contributed by atoms with Gasteiger partial charge in [0.25, 0.3) is 0 Å². The minimum atomic E-state index is -1.51. The highest BCUT2D eigenvalue weighted by molar-refractivity contribution is 7.94. The summed E-state index contributed by atoms with van der Waals surface area (Å²) in [6.45, 7) is 1.54. The number of aliphatic carboxylic acids is 3. The van der Waals surface area contributed by atoms with Crippen molar-refractivity contribution in [1.29, 1.82) is 0 Å². The molecule has 2 aromatic carbocycles. The lowest BCUT2D eigenvalue weighted by Gasteiger charge is -2.29. The van der Waals surface area contributed by atoms with E-state index in [9.17, 15) is 42.9 Å². The van der Waals surface area contributed by atoms with Gasteiger partial charge in [0.1, 0.15) is 18.1 Å². The van der Waals surface area contributed by atoms with Crippen LogP contribution in [0.2, 0.25) is 0 Å². The molecule has 0 heterocycles. The van der Waals surface area contributed by atoms with Crippen molar-refractivity contribution in [3.05, 3.63) is 48.0 Å². The molecule has 0 radical (unpaired) electrons. The van der Waals surface area contributed by atoms with Crippen molar-refractivity contribution >= 4 is 58.7 Å². The first-order valence-corrected chi connectivity index (χ1v) is 18.1. The van der Waals surface area contributed by atoms with Crippen molar-refractivity contribution in [3.8, 4) is 0 Å². The summed E-state index contributed by atoms with van der Waals surface area (Å²) in [5.74, 6) is -4.02. The predicted octanol–water partition coefficient (Wildman–Crippen LogP) is 3.24. The van der Waals surface area contributed by atoms with Crippen LogP contribution in [0.4, 0.5) is 8.68 Å². The zero-order valence-electron chi connectivity index (χ0n) is 28.4. The molecule has 1 saturated carbocycles. The normalized spacial score (nSPS) is 17.4. The molecular weight excluding hydrogens is 685 g/mol. The molecule has 8 N–H and O–H groups in total. The van der Waals surface area contributed by atoms with Gasteiger partial charge in [0.05, 0.1) is 0 Å². The standard InChI is InChI=1S/C35H48FN5O9S/c36-51-18-17-37-21-22-8-12-25(13-9-22)31(44)39-29(20-23-10-11-24-5-1-2-6-26(24)19-23)32(45)38-16-4-3-7-27(33(46)47)40-35(50)41-28(34(48)49)14-15-30(42)43/h1-2,5-6,10-11,19,22,25,27-29,37H,3-4,7-9,12-18,20-21H2,(H,38,45)(H,39,44)(H,42,43)(H,46,47)(H,48,49)(H2,40,41,50). The van der Waals surface area contributed by atoms with Crippen LogP contribution in [0.5, 0.6) is 0 Å². The van der Waals surface area contributed by atoms with Gasteiger partial charge in [-0.1, -0.05) is 42.5 Å². The lowest BCUT2D eigenvalue weighted by atomic mass is 9.81. The molecule has 280 valence electrons. The molecule has 51 heavy (non-hydrogen) atoms. The summed E-state index contributed by atoms with van der Waals surface area (Å²) in [6.07, 6.45) is 3.10. The Morgan fingerprint density at radius 2 is 1.45 bits per heavy atom. The van der Waals surface area contributed by atoms with Gasteiger partial charge >= 0.3 is 23.9 Å². The Morgan fingerprint density at radius 1 is 0.784 bits per heavy atom. The van der Waals surface area contributed by atoms with Crippen LogP contribution in [0.3, 0.4) is 0 Å². The second kappa shape index (κ2) is 21.7. The molecule has 1 aliphatic rings. The second-order valence-corrected chi connectivity index (χ2v) is 13.4. The molecule has 0 saturated heterocycles. The minimum absolute atomic E-state index is 0.0181. The summed E-state index contributed by atoms with van der Waals surface area (Å²) in [7, 11) is 0. The number of nitrogens with one attached hydrogen (secondary N) is 5. The Balaban J connectivity index is 1.53. The Labute approximate surface area is 300 Å². The zero-order chi connectivity index (χ0) is 37.2. The summed E-state index contributed by atoms with van der Waals surface area (Å²) in [4.78, 5) is 73.0. The molecule has 0 aliphatic heterocycles. The van der Waals surface area contributed by atoms with Gasteiger partial charge in [0, 0.05) is 49.7 Å². The molecule has 4 amide bonds. The number of carboxylic acid groups (broad SMARTS) is 3. The predicted molar refractivity (Wildman–Crippen MR) is 190 cm³/mol. The van der Waals surface area contributed by atoms with Crippen LogP contribution in [-0.2, 0) is 30.4 Å². The van der Waals surface area contributed by atoms with Crippen molar-refractivity contribution in [2.75, 3.05) is 25.4 Å². The molecule has 0 bridgehead atoms. The highest BCUT2D eigenvalue weighted by atomic mass is 32.2. The van der Waals surface area contributed by atoms with Crippen molar-refractivity contribution in [3.63, 3.8) is 0 Å². The van der Waals surface area contributed by atoms with E-state index in [0.29, 0.717) is 49.6 Å². The minimum Gasteiger partial charge on any atom is -0.481 e. The Hall–Kier alpha value is -4.44. The highest BCUT2D eigenvalue weighted by Crippen LogP contribution is 2.29. The second-order valence-electron chi connectivity index (χ2n) is 12.8. The molecular formula is C35H48FN5O9S. The molecule has 0 spiro atoms.